The molecule has 14 heavy (non-hydrogen) atoms. The monoisotopic (exact) mass is 229 g/mol. The van der Waals surface area contributed by atoms with Gasteiger partial charge in [0.2, 0.25) is 0 Å². The fourth-order valence-electron chi connectivity index (χ4n) is 2.23. The zero-order chi connectivity index (χ0) is 9.86. The Labute approximate surface area is 93.0 Å². The first kappa shape index (κ1) is 10.5. The van der Waals surface area contributed by atoms with E-state index in [1.165, 1.54) is 31.4 Å². The largest absolute Gasteiger partial charge is 0.157 e. The van der Waals surface area contributed by atoms with Crippen molar-refractivity contribution in [3.8, 4) is 0 Å². The van der Waals surface area contributed by atoms with Gasteiger partial charge in [-0.25, -0.2) is 0 Å². The molecule has 3 nitrogen and oxygen atoms in total. The Morgan fingerprint density at radius 1 is 1.29 bits per heavy atom. The zero-order valence-corrected chi connectivity index (χ0v) is 9.82. The SMILES string of the molecule is [N-]=[N+]=N[C@]12CCCC[C@H]1SCCCS2. The van der Waals surface area contributed by atoms with Crippen LogP contribution in [0.25, 0.3) is 10.4 Å². The summed E-state index contributed by atoms with van der Waals surface area (Å²) >= 11 is 3.92. The fourth-order valence-corrected chi connectivity index (χ4v) is 5.50. The first-order valence-electron chi connectivity index (χ1n) is 5.19. The van der Waals surface area contributed by atoms with Gasteiger partial charge in [0.25, 0.3) is 0 Å². The first-order valence-corrected chi connectivity index (χ1v) is 7.23. The maximum Gasteiger partial charge on any atom is 0.106 e. The van der Waals surface area contributed by atoms with E-state index in [4.69, 9.17) is 5.53 Å². The van der Waals surface area contributed by atoms with Crippen molar-refractivity contribution in [2.45, 2.75) is 42.2 Å². The molecule has 2 aliphatic rings. The maximum absolute atomic E-state index is 8.68. The Kier molecular flexibility index (Phi) is 3.52. The fraction of sp³-hybridized carbons (Fsp3) is 1.00. The van der Waals surface area contributed by atoms with E-state index in [0.29, 0.717) is 5.25 Å². The molecule has 1 saturated carbocycles. The van der Waals surface area contributed by atoms with Crippen molar-refractivity contribution in [3.05, 3.63) is 10.4 Å². The zero-order valence-electron chi connectivity index (χ0n) is 8.19. The molecule has 1 heterocycles. The summed E-state index contributed by atoms with van der Waals surface area (Å²) < 4.78 is 0. The summed E-state index contributed by atoms with van der Waals surface area (Å²) in [7, 11) is 0. The quantitative estimate of drug-likeness (QED) is 0.390. The van der Waals surface area contributed by atoms with Crippen LogP contribution >= 0.6 is 23.5 Å². The standard InChI is InChI=1S/C9H15N3S2/c10-12-11-9-5-2-1-4-8(9)13-6-3-7-14-9/h8H,1-7H2/t8-,9+/m1/s1. The van der Waals surface area contributed by atoms with Crippen LogP contribution in [0.4, 0.5) is 0 Å². The highest BCUT2D eigenvalue weighted by atomic mass is 32.2. The van der Waals surface area contributed by atoms with Gasteiger partial charge in [-0.1, -0.05) is 18.0 Å². The number of azide groups is 1. The summed E-state index contributed by atoms with van der Waals surface area (Å²) in [6, 6.07) is 0. The lowest BCUT2D eigenvalue weighted by Crippen LogP contribution is -2.37. The molecule has 0 radical (unpaired) electrons. The number of hydrogen-bond acceptors (Lipinski definition) is 3. The van der Waals surface area contributed by atoms with E-state index in [1.54, 1.807) is 0 Å². The van der Waals surface area contributed by atoms with Gasteiger partial charge in [0, 0.05) is 10.2 Å². The average Bonchev–Trinajstić information content (AvgIpc) is 2.40. The second-order valence-electron chi connectivity index (χ2n) is 3.84. The van der Waals surface area contributed by atoms with E-state index >= 15 is 0 Å². The van der Waals surface area contributed by atoms with Gasteiger partial charge in [0.1, 0.15) is 4.87 Å². The van der Waals surface area contributed by atoms with Crippen molar-refractivity contribution in [2.75, 3.05) is 11.5 Å². The second kappa shape index (κ2) is 4.69. The van der Waals surface area contributed by atoms with Crippen LogP contribution in [-0.4, -0.2) is 21.6 Å². The number of thioether (sulfide) groups is 2. The van der Waals surface area contributed by atoms with Crippen LogP contribution in [0.2, 0.25) is 0 Å². The lowest BCUT2D eigenvalue weighted by atomic mass is 9.95. The van der Waals surface area contributed by atoms with Gasteiger partial charge < -0.3 is 0 Å². The van der Waals surface area contributed by atoms with Crippen LogP contribution in [0.1, 0.15) is 32.1 Å². The van der Waals surface area contributed by atoms with E-state index in [0.717, 1.165) is 12.2 Å². The van der Waals surface area contributed by atoms with Crippen LogP contribution in [0.15, 0.2) is 5.11 Å². The first-order chi connectivity index (χ1) is 6.87. The summed E-state index contributed by atoms with van der Waals surface area (Å²) in [5, 5.41) is 4.69. The molecule has 0 spiro atoms. The summed E-state index contributed by atoms with van der Waals surface area (Å²) in [6.45, 7) is 0. The van der Waals surface area contributed by atoms with Crippen LogP contribution in [0.5, 0.6) is 0 Å². The molecule has 2 fully saturated rings. The van der Waals surface area contributed by atoms with Gasteiger partial charge in [-0.15, -0.1) is 11.8 Å². The summed E-state index contributed by atoms with van der Waals surface area (Å²) in [5.74, 6) is 2.39. The number of rotatable bonds is 1. The van der Waals surface area contributed by atoms with E-state index in [2.05, 4.69) is 10.0 Å². The second-order valence-corrected chi connectivity index (χ2v) is 6.56. The Bertz CT molecular complexity index is 252. The third-order valence-electron chi connectivity index (χ3n) is 2.93. The Morgan fingerprint density at radius 2 is 2.21 bits per heavy atom. The minimum absolute atomic E-state index is 0.103. The highest BCUT2D eigenvalue weighted by Gasteiger charge is 2.41. The molecule has 0 bridgehead atoms. The van der Waals surface area contributed by atoms with Gasteiger partial charge in [-0.05, 0) is 36.3 Å². The summed E-state index contributed by atoms with van der Waals surface area (Å²) in [6.07, 6.45) is 6.11. The molecular formula is C9H15N3S2. The maximum atomic E-state index is 8.68. The molecule has 2 atom stereocenters. The molecule has 0 amide bonds. The van der Waals surface area contributed by atoms with Crippen LogP contribution < -0.4 is 0 Å². The van der Waals surface area contributed by atoms with Crippen molar-refractivity contribution >= 4 is 23.5 Å². The highest BCUT2D eigenvalue weighted by molar-refractivity contribution is 8.04. The van der Waals surface area contributed by atoms with E-state index in [1.807, 2.05) is 23.5 Å². The van der Waals surface area contributed by atoms with Crippen molar-refractivity contribution < 1.29 is 0 Å². The minimum Gasteiger partial charge on any atom is -0.157 e. The Hall–Kier alpha value is 0.0100. The van der Waals surface area contributed by atoms with Crippen molar-refractivity contribution in [1.82, 2.24) is 0 Å². The van der Waals surface area contributed by atoms with Crippen LogP contribution in [0, 0.1) is 0 Å². The lowest BCUT2D eigenvalue weighted by molar-refractivity contribution is 0.419. The molecule has 0 unspecified atom stereocenters. The Balaban J connectivity index is 2.22. The van der Waals surface area contributed by atoms with Gasteiger partial charge in [0.05, 0.1) is 0 Å². The van der Waals surface area contributed by atoms with Crippen molar-refractivity contribution in [1.29, 1.82) is 0 Å². The smallest absolute Gasteiger partial charge is 0.106 e. The third kappa shape index (κ3) is 2.00. The van der Waals surface area contributed by atoms with E-state index in [-0.39, 0.29) is 4.87 Å². The van der Waals surface area contributed by atoms with Crippen LogP contribution in [-0.2, 0) is 0 Å². The topological polar surface area (TPSA) is 48.8 Å². The molecule has 1 aliphatic heterocycles. The molecule has 78 valence electrons. The number of hydrogen-bond donors (Lipinski definition) is 0. The molecular weight excluding hydrogens is 214 g/mol. The van der Waals surface area contributed by atoms with Gasteiger partial charge in [-0.3, -0.25) is 0 Å². The van der Waals surface area contributed by atoms with E-state index < -0.39 is 0 Å². The molecule has 5 heteroatoms. The molecule has 0 N–H and O–H groups in total. The van der Waals surface area contributed by atoms with Crippen LogP contribution in [0.3, 0.4) is 0 Å². The van der Waals surface area contributed by atoms with Crippen molar-refractivity contribution in [3.63, 3.8) is 0 Å². The van der Waals surface area contributed by atoms with E-state index in [9.17, 15) is 0 Å². The normalized spacial score (nSPS) is 37.9. The molecule has 0 aromatic carbocycles. The van der Waals surface area contributed by atoms with Gasteiger partial charge in [0.15, 0.2) is 0 Å². The van der Waals surface area contributed by atoms with Gasteiger partial charge in [-0.2, -0.15) is 11.8 Å². The number of fused-ring (bicyclic) bond motifs is 1. The average molecular weight is 229 g/mol. The highest BCUT2D eigenvalue weighted by Crippen LogP contribution is 2.49. The summed E-state index contributed by atoms with van der Waals surface area (Å²) in [5.41, 5.74) is 8.68. The van der Waals surface area contributed by atoms with Gasteiger partial charge >= 0.3 is 0 Å². The molecule has 0 aromatic heterocycles. The van der Waals surface area contributed by atoms with Crippen molar-refractivity contribution in [2.24, 2.45) is 5.11 Å². The predicted molar refractivity (Wildman–Crippen MR) is 63.7 cm³/mol. The summed E-state index contributed by atoms with van der Waals surface area (Å²) in [4.78, 5) is 2.96. The molecule has 1 saturated heterocycles. The number of nitrogens with zero attached hydrogens (tertiary/aromatic N) is 3. The minimum atomic E-state index is -0.103. The predicted octanol–water partition coefficient (Wildman–Crippen LogP) is 3.81. The third-order valence-corrected chi connectivity index (χ3v) is 6.19. The lowest BCUT2D eigenvalue weighted by Gasteiger charge is -2.38. The molecule has 1 aliphatic carbocycles. The molecule has 0 aromatic rings. The molecule has 2 rings (SSSR count). The Morgan fingerprint density at radius 3 is 3.07 bits per heavy atom.